The molecule has 1 N–H and O–H groups in total. The Morgan fingerprint density at radius 2 is 2.05 bits per heavy atom. The molecular weight excluding hydrogens is 240 g/mol. The molecule has 1 unspecified atom stereocenters. The van der Waals surface area contributed by atoms with Crippen molar-refractivity contribution in [3.63, 3.8) is 0 Å². The highest BCUT2D eigenvalue weighted by Crippen LogP contribution is 2.35. The Kier molecular flexibility index (Phi) is 4.51. The minimum Gasteiger partial charge on any atom is -0.459 e. The summed E-state index contributed by atoms with van der Waals surface area (Å²) in [7, 11) is 0. The third kappa shape index (κ3) is 4.46. The van der Waals surface area contributed by atoms with Crippen molar-refractivity contribution in [3.05, 3.63) is 0 Å². The molecule has 1 spiro atoms. The van der Waals surface area contributed by atoms with Gasteiger partial charge in [-0.05, 0) is 65.0 Å². The highest BCUT2D eigenvalue weighted by atomic mass is 16.6. The average Bonchev–Trinajstić information content (AvgIpc) is 2.27. The lowest BCUT2D eigenvalue weighted by Crippen LogP contribution is -2.52. The summed E-state index contributed by atoms with van der Waals surface area (Å²) < 4.78 is 5.42. The molecule has 2 saturated heterocycles. The molecule has 0 bridgehead atoms. The normalized spacial score (nSPS) is 29.4. The number of carbonyl (C=O) groups is 1. The molecule has 0 radical (unpaired) electrons. The van der Waals surface area contributed by atoms with E-state index in [9.17, 15) is 4.79 Å². The van der Waals surface area contributed by atoms with Crippen molar-refractivity contribution in [3.8, 4) is 0 Å². The maximum Gasteiger partial charge on any atom is 0.320 e. The van der Waals surface area contributed by atoms with Gasteiger partial charge in [-0.3, -0.25) is 9.69 Å². The van der Waals surface area contributed by atoms with Crippen LogP contribution in [0.25, 0.3) is 0 Å². The van der Waals surface area contributed by atoms with E-state index in [-0.39, 0.29) is 11.6 Å². The summed E-state index contributed by atoms with van der Waals surface area (Å²) in [6.07, 6.45) is 5.06. The Balaban J connectivity index is 1.85. The monoisotopic (exact) mass is 268 g/mol. The Hall–Kier alpha value is -0.610. The molecule has 0 amide bonds. The van der Waals surface area contributed by atoms with Crippen molar-refractivity contribution >= 4 is 5.97 Å². The maximum atomic E-state index is 11.9. The molecule has 0 aromatic heterocycles. The van der Waals surface area contributed by atoms with Gasteiger partial charge in [0, 0.05) is 13.1 Å². The molecule has 4 heteroatoms. The highest BCUT2D eigenvalue weighted by Gasteiger charge is 2.37. The first-order valence-corrected chi connectivity index (χ1v) is 7.54. The number of hydrogen-bond donors (Lipinski definition) is 1. The Bertz CT molecular complexity index is 311. The molecule has 0 aromatic rings. The molecular formula is C15H28N2O2. The largest absolute Gasteiger partial charge is 0.459 e. The Morgan fingerprint density at radius 3 is 2.68 bits per heavy atom. The van der Waals surface area contributed by atoms with E-state index in [0.717, 1.165) is 26.2 Å². The van der Waals surface area contributed by atoms with Gasteiger partial charge in [0.2, 0.25) is 0 Å². The van der Waals surface area contributed by atoms with E-state index in [1.807, 2.05) is 20.8 Å². The molecule has 0 aliphatic carbocycles. The number of carbonyl (C=O) groups excluding carboxylic acids is 1. The third-order valence-corrected chi connectivity index (χ3v) is 4.07. The first-order chi connectivity index (χ1) is 8.89. The number of ether oxygens (including phenoxy) is 1. The van der Waals surface area contributed by atoms with E-state index in [2.05, 4.69) is 10.2 Å². The molecule has 2 aliphatic rings. The summed E-state index contributed by atoms with van der Waals surface area (Å²) in [6, 6.07) is 0. The predicted molar refractivity (Wildman–Crippen MR) is 76.1 cm³/mol. The zero-order valence-corrected chi connectivity index (χ0v) is 12.6. The predicted octanol–water partition coefficient (Wildman–Crippen LogP) is 1.79. The average molecular weight is 268 g/mol. The van der Waals surface area contributed by atoms with E-state index < -0.39 is 0 Å². The number of nitrogens with one attached hydrogen (secondary N) is 1. The summed E-state index contributed by atoms with van der Waals surface area (Å²) in [5, 5.41) is 3.51. The Labute approximate surface area is 116 Å². The molecule has 2 fully saturated rings. The first-order valence-electron chi connectivity index (χ1n) is 7.54. The zero-order chi connectivity index (χ0) is 13.9. The summed E-state index contributed by atoms with van der Waals surface area (Å²) >= 11 is 0. The van der Waals surface area contributed by atoms with Gasteiger partial charge in [-0.2, -0.15) is 0 Å². The number of hydrogen-bond acceptors (Lipinski definition) is 4. The topological polar surface area (TPSA) is 41.6 Å². The van der Waals surface area contributed by atoms with Gasteiger partial charge in [0.25, 0.3) is 0 Å². The lowest BCUT2D eigenvalue weighted by atomic mass is 9.74. The second kappa shape index (κ2) is 5.80. The fourth-order valence-electron chi connectivity index (χ4n) is 3.38. The Morgan fingerprint density at radius 1 is 1.32 bits per heavy atom. The standard InChI is InChI=1S/C15H28N2O2/c1-14(2,3)19-13(18)10-17-9-5-7-15(12-17)6-4-8-16-11-15/h16H,4-12H2,1-3H3. The van der Waals surface area contributed by atoms with Crippen LogP contribution in [0.3, 0.4) is 0 Å². The second-order valence-corrected chi connectivity index (χ2v) is 7.18. The van der Waals surface area contributed by atoms with Crippen LogP contribution >= 0.6 is 0 Å². The molecule has 19 heavy (non-hydrogen) atoms. The van der Waals surface area contributed by atoms with Crippen LogP contribution in [0.2, 0.25) is 0 Å². The quantitative estimate of drug-likeness (QED) is 0.775. The molecule has 0 saturated carbocycles. The van der Waals surface area contributed by atoms with E-state index in [1.54, 1.807) is 0 Å². The van der Waals surface area contributed by atoms with Crippen LogP contribution in [0.15, 0.2) is 0 Å². The number of rotatable bonds is 2. The maximum absolute atomic E-state index is 11.9. The minimum atomic E-state index is -0.378. The molecule has 2 aliphatic heterocycles. The zero-order valence-electron chi connectivity index (χ0n) is 12.6. The van der Waals surface area contributed by atoms with Crippen LogP contribution in [-0.2, 0) is 9.53 Å². The van der Waals surface area contributed by atoms with Gasteiger partial charge < -0.3 is 10.1 Å². The fourth-order valence-corrected chi connectivity index (χ4v) is 3.38. The second-order valence-electron chi connectivity index (χ2n) is 7.18. The van der Waals surface area contributed by atoms with Gasteiger partial charge in [-0.15, -0.1) is 0 Å². The number of piperidine rings is 2. The van der Waals surface area contributed by atoms with Gasteiger partial charge >= 0.3 is 5.97 Å². The van der Waals surface area contributed by atoms with Crippen LogP contribution in [0, 0.1) is 5.41 Å². The van der Waals surface area contributed by atoms with Crippen molar-refractivity contribution in [1.82, 2.24) is 10.2 Å². The van der Waals surface area contributed by atoms with Gasteiger partial charge in [0.05, 0.1) is 6.54 Å². The molecule has 0 aromatic carbocycles. The molecule has 110 valence electrons. The van der Waals surface area contributed by atoms with Crippen LogP contribution < -0.4 is 5.32 Å². The summed E-state index contributed by atoms with van der Waals surface area (Å²) in [5.74, 6) is -0.0895. The van der Waals surface area contributed by atoms with Crippen molar-refractivity contribution in [2.75, 3.05) is 32.7 Å². The van der Waals surface area contributed by atoms with Crippen LogP contribution in [0.4, 0.5) is 0 Å². The van der Waals surface area contributed by atoms with E-state index in [0.29, 0.717) is 12.0 Å². The van der Waals surface area contributed by atoms with E-state index in [4.69, 9.17) is 4.74 Å². The summed E-state index contributed by atoms with van der Waals surface area (Å²) in [5.41, 5.74) is 0.0233. The minimum absolute atomic E-state index is 0.0895. The lowest BCUT2D eigenvalue weighted by molar-refractivity contribution is -0.157. The van der Waals surface area contributed by atoms with Gasteiger partial charge in [-0.25, -0.2) is 0 Å². The fraction of sp³-hybridized carbons (Fsp3) is 0.933. The SMILES string of the molecule is CC(C)(C)OC(=O)CN1CCCC2(CCCNC2)C1. The van der Waals surface area contributed by atoms with Gasteiger partial charge in [0.15, 0.2) is 0 Å². The first kappa shape index (κ1) is 14.8. The molecule has 2 rings (SSSR count). The molecule has 1 atom stereocenters. The summed E-state index contributed by atoms with van der Waals surface area (Å²) in [6.45, 7) is 10.5. The third-order valence-electron chi connectivity index (χ3n) is 4.07. The van der Waals surface area contributed by atoms with Gasteiger partial charge in [0.1, 0.15) is 5.60 Å². The number of nitrogens with zero attached hydrogens (tertiary/aromatic N) is 1. The van der Waals surface area contributed by atoms with Crippen molar-refractivity contribution < 1.29 is 9.53 Å². The molecule has 2 heterocycles. The van der Waals surface area contributed by atoms with Crippen LogP contribution in [0.5, 0.6) is 0 Å². The van der Waals surface area contributed by atoms with Crippen molar-refractivity contribution in [2.24, 2.45) is 5.41 Å². The number of likely N-dealkylation sites (tertiary alicyclic amines) is 1. The summed E-state index contributed by atoms with van der Waals surface area (Å²) in [4.78, 5) is 14.2. The van der Waals surface area contributed by atoms with Crippen LogP contribution in [0.1, 0.15) is 46.5 Å². The lowest BCUT2D eigenvalue weighted by Gasteiger charge is -2.45. The number of esters is 1. The van der Waals surface area contributed by atoms with E-state index in [1.165, 1.54) is 25.7 Å². The van der Waals surface area contributed by atoms with Gasteiger partial charge in [-0.1, -0.05) is 0 Å². The van der Waals surface area contributed by atoms with Crippen LogP contribution in [-0.4, -0.2) is 49.2 Å². The molecule has 4 nitrogen and oxygen atoms in total. The van der Waals surface area contributed by atoms with Crippen molar-refractivity contribution in [2.45, 2.75) is 52.1 Å². The van der Waals surface area contributed by atoms with Crippen molar-refractivity contribution in [1.29, 1.82) is 0 Å². The highest BCUT2D eigenvalue weighted by molar-refractivity contribution is 5.72. The smallest absolute Gasteiger partial charge is 0.320 e. The van der Waals surface area contributed by atoms with E-state index >= 15 is 0 Å².